The molecule has 11 heavy (non-hydrogen) atoms. The van der Waals surface area contributed by atoms with Crippen molar-refractivity contribution in [3.05, 3.63) is 0 Å². The largest absolute Gasteiger partial charge is 0.540 e. The van der Waals surface area contributed by atoms with Crippen LogP contribution in [0.1, 0.15) is 13.8 Å². The minimum absolute atomic E-state index is 0.303. The van der Waals surface area contributed by atoms with Gasteiger partial charge in [0, 0.05) is 6.92 Å². The van der Waals surface area contributed by atoms with Crippen molar-refractivity contribution in [3.8, 4) is 0 Å². The van der Waals surface area contributed by atoms with Crippen LogP contribution in [-0.4, -0.2) is 23.9 Å². The van der Waals surface area contributed by atoms with E-state index in [1.54, 1.807) is 0 Å². The van der Waals surface area contributed by atoms with E-state index in [2.05, 4.69) is 31.2 Å². The van der Waals surface area contributed by atoms with Crippen molar-refractivity contribution in [2.45, 2.75) is 39.5 Å². The number of rotatable bonds is 3. The second kappa shape index (κ2) is 4.72. The van der Waals surface area contributed by atoms with Gasteiger partial charge in [-0.25, -0.2) is 0 Å². The van der Waals surface area contributed by atoms with Crippen LogP contribution in [0.3, 0.4) is 0 Å². The summed E-state index contributed by atoms with van der Waals surface area (Å²) in [7, 11) is -1.59. The van der Waals surface area contributed by atoms with E-state index in [1.807, 2.05) is 6.92 Å². The summed E-state index contributed by atoms with van der Waals surface area (Å²) in [5.41, 5.74) is 0. The van der Waals surface area contributed by atoms with E-state index in [9.17, 15) is 0 Å². The quantitative estimate of drug-likeness (QED) is 0.377. The molecule has 0 N–H and O–H groups in total. The molecule has 0 rings (SSSR count). The zero-order chi connectivity index (χ0) is 8.91. The van der Waals surface area contributed by atoms with Crippen LogP contribution in [0.4, 0.5) is 0 Å². The third-order valence-electron chi connectivity index (χ3n) is 1.01. The van der Waals surface area contributed by atoms with Crippen molar-refractivity contribution in [1.29, 1.82) is 0 Å². The van der Waals surface area contributed by atoms with Gasteiger partial charge in [0.1, 0.15) is 0 Å². The van der Waals surface area contributed by atoms with Crippen molar-refractivity contribution >= 4 is 23.9 Å². The van der Waals surface area contributed by atoms with E-state index in [0.29, 0.717) is 0 Å². The average Bonchev–Trinajstić information content (AvgIpc) is 1.79. The maximum atomic E-state index is 5.49. The van der Waals surface area contributed by atoms with Gasteiger partial charge in [-0.3, -0.25) is 4.66 Å². The van der Waals surface area contributed by atoms with Crippen LogP contribution in [0, 0.1) is 0 Å². The Morgan fingerprint density at radius 3 is 2.36 bits per heavy atom. The third-order valence-corrected chi connectivity index (χ3v) is 3.02. The van der Waals surface area contributed by atoms with Gasteiger partial charge < -0.3 is 4.43 Å². The van der Waals surface area contributed by atoms with Crippen LogP contribution in [0.25, 0.3) is 0 Å². The Balaban J connectivity index is 3.81. The van der Waals surface area contributed by atoms with Crippen molar-refractivity contribution in [2.24, 2.45) is 4.66 Å². The molecule has 0 bridgehead atoms. The molecule has 0 heterocycles. The first-order chi connectivity index (χ1) is 4.95. The molecule has 0 spiro atoms. The van der Waals surface area contributed by atoms with Gasteiger partial charge in [0.25, 0.3) is 0 Å². The SMILES string of the molecule is CC[SiH2]OC(C)=N[Si](C)(C)C. The molecular formula is C7H19NOSi2. The van der Waals surface area contributed by atoms with Gasteiger partial charge in [-0.2, -0.15) is 0 Å². The van der Waals surface area contributed by atoms with Gasteiger partial charge >= 0.3 is 0 Å². The zero-order valence-electron chi connectivity index (χ0n) is 8.27. The minimum Gasteiger partial charge on any atom is -0.540 e. The normalized spacial score (nSPS) is 14.5. The highest BCUT2D eigenvalue weighted by molar-refractivity contribution is 6.75. The second-order valence-electron chi connectivity index (χ2n) is 3.65. The summed E-state index contributed by atoms with van der Waals surface area (Å²) in [5, 5.41) is 0. The molecule has 66 valence electrons. The lowest BCUT2D eigenvalue weighted by molar-refractivity contribution is 0.586. The Morgan fingerprint density at radius 1 is 1.45 bits per heavy atom. The smallest absolute Gasteiger partial charge is 0.220 e. The Hall–Kier alpha value is -0.0962. The van der Waals surface area contributed by atoms with Crippen molar-refractivity contribution < 1.29 is 4.43 Å². The molecule has 4 heteroatoms. The van der Waals surface area contributed by atoms with Gasteiger partial charge in [-0.1, -0.05) is 6.92 Å². The van der Waals surface area contributed by atoms with E-state index in [1.165, 1.54) is 6.04 Å². The first kappa shape index (κ1) is 10.9. The summed E-state index contributed by atoms with van der Waals surface area (Å²) in [6.45, 7) is 10.8. The van der Waals surface area contributed by atoms with E-state index in [0.717, 1.165) is 5.90 Å². The molecule has 0 fully saturated rings. The minimum atomic E-state index is -1.29. The number of nitrogens with zero attached hydrogens (tertiary/aromatic N) is 1. The van der Waals surface area contributed by atoms with Crippen molar-refractivity contribution in [3.63, 3.8) is 0 Å². The van der Waals surface area contributed by atoms with Crippen LogP contribution in [0.5, 0.6) is 0 Å². The first-order valence-corrected chi connectivity index (χ1v) is 9.17. The topological polar surface area (TPSA) is 21.6 Å². The lowest BCUT2D eigenvalue weighted by atomic mass is 10.8. The maximum absolute atomic E-state index is 5.49. The van der Waals surface area contributed by atoms with Crippen LogP contribution < -0.4 is 0 Å². The van der Waals surface area contributed by atoms with Gasteiger partial charge in [0.05, 0.1) is 0 Å². The summed E-state index contributed by atoms with van der Waals surface area (Å²) >= 11 is 0. The zero-order valence-corrected chi connectivity index (χ0v) is 10.7. The third kappa shape index (κ3) is 7.80. The molecular weight excluding hydrogens is 170 g/mol. The summed E-state index contributed by atoms with van der Waals surface area (Å²) in [6, 6.07) is 1.19. The van der Waals surface area contributed by atoms with Crippen LogP contribution in [-0.2, 0) is 4.43 Å². The monoisotopic (exact) mass is 189 g/mol. The Kier molecular flexibility index (Phi) is 4.67. The Bertz CT molecular complexity index is 140. The van der Waals surface area contributed by atoms with Crippen molar-refractivity contribution in [1.82, 2.24) is 0 Å². The highest BCUT2D eigenvalue weighted by Gasteiger charge is 2.11. The van der Waals surface area contributed by atoms with Crippen LogP contribution in [0.15, 0.2) is 4.66 Å². The van der Waals surface area contributed by atoms with Crippen LogP contribution in [0.2, 0.25) is 25.7 Å². The van der Waals surface area contributed by atoms with E-state index < -0.39 is 8.24 Å². The van der Waals surface area contributed by atoms with E-state index >= 15 is 0 Å². The summed E-state index contributed by atoms with van der Waals surface area (Å²) < 4.78 is 10.0. The first-order valence-electron chi connectivity index (χ1n) is 4.15. The van der Waals surface area contributed by atoms with Gasteiger partial charge in [0.2, 0.25) is 9.76 Å². The molecule has 0 unspecified atom stereocenters. The second-order valence-corrected chi connectivity index (χ2v) is 9.91. The predicted octanol–water partition coefficient (Wildman–Crippen LogP) is 1.78. The molecule has 0 aliphatic rings. The molecule has 2 nitrogen and oxygen atoms in total. The predicted molar refractivity (Wildman–Crippen MR) is 56.6 cm³/mol. The fourth-order valence-electron chi connectivity index (χ4n) is 0.754. The molecule has 0 aliphatic heterocycles. The maximum Gasteiger partial charge on any atom is 0.220 e. The standard InChI is InChI=1S/C7H19NOSi2/c1-6-10-9-7(2)8-11(3,4)5/h6,10H2,1-5H3. The molecule has 0 amide bonds. The summed E-state index contributed by atoms with van der Waals surface area (Å²) in [6.07, 6.45) is 0. The summed E-state index contributed by atoms with van der Waals surface area (Å²) in [4.78, 5) is 0. The average molecular weight is 189 g/mol. The molecule has 0 saturated carbocycles. The summed E-state index contributed by atoms with van der Waals surface area (Å²) in [5.74, 6) is 0.915. The highest BCUT2D eigenvalue weighted by atomic mass is 28.3. The van der Waals surface area contributed by atoms with E-state index in [-0.39, 0.29) is 9.76 Å². The Labute approximate surface area is 73.1 Å². The molecule has 0 atom stereocenters. The molecule has 0 aliphatic carbocycles. The van der Waals surface area contributed by atoms with E-state index in [4.69, 9.17) is 4.43 Å². The number of hydrogen-bond donors (Lipinski definition) is 0. The van der Waals surface area contributed by atoms with Crippen LogP contribution >= 0.6 is 0 Å². The lowest BCUT2D eigenvalue weighted by Gasteiger charge is -2.11. The molecule has 0 saturated heterocycles. The highest BCUT2D eigenvalue weighted by Crippen LogP contribution is 2.02. The lowest BCUT2D eigenvalue weighted by Crippen LogP contribution is -2.20. The fourth-order valence-corrected chi connectivity index (χ4v) is 2.46. The van der Waals surface area contributed by atoms with Gasteiger partial charge in [-0.05, 0) is 25.7 Å². The molecule has 0 aromatic heterocycles. The molecule has 0 aromatic rings. The molecule has 0 radical (unpaired) electrons. The van der Waals surface area contributed by atoms with Crippen molar-refractivity contribution in [2.75, 3.05) is 0 Å². The number of hydrogen-bond acceptors (Lipinski definition) is 2. The molecule has 0 aromatic carbocycles. The van der Waals surface area contributed by atoms with Gasteiger partial charge in [0.15, 0.2) is 14.1 Å². The van der Waals surface area contributed by atoms with Gasteiger partial charge in [-0.15, -0.1) is 0 Å². The fraction of sp³-hybridized carbons (Fsp3) is 0.857. The Morgan fingerprint density at radius 2 is 2.00 bits per heavy atom.